The Morgan fingerprint density at radius 1 is 1.38 bits per heavy atom. The third-order valence-electron chi connectivity index (χ3n) is 3.50. The van der Waals surface area contributed by atoms with Gasteiger partial charge >= 0.3 is 5.97 Å². The maximum Gasteiger partial charge on any atom is 0.306 e. The fraction of sp³-hybridized carbons (Fsp3) is 0.429. The van der Waals surface area contributed by atoms with Gasteiger partial charge in [-0.2, -0.15) is 0 Å². The van der Waals surface area contributed by atoms with E-state index in [0.29, 0.717) is 36.5 Å². The molecule has 7 heteroatoms. The number of carboxylic acid groups (broad SMARTS) is 1. The van der Waals surface area contributed by atoms with E-state index < -0.39 is 11.8 Å². The molecule has 0 unspecified atom stereocenters. The van der Waals surface area contributed by atoms with Gasteiger partial charge in [-0.3, -0.25) is 9.59 Å². The minimum atomic E-state index is -0.805. The fourth-order valence-corrected chi connectivity index (χ4v) is 3.06. The van der Waals surface area contributed by atoms with Crippen LogP contribution in [0.25, 0.3) is 0 Å². The second-order valence-electron chi connectivity index (χ2n) is 4.97. The maximum absolute atomic E-state index is 13.6. The number of nitrogens with two attached hydrogens (primary N) is 1. The van der Waals surface area contributed by atoms with Crippen LogP contribution in [0.3, 0.4) is 0 Å². The second kappa shape index (κ2) is 6.80. The standard InChI is InChI=1S/C14H17FN2O3S/c15-11-7-10(16)1-2-12(11)21-8-13(18)17-5-3-9(4-6-17)14(19)20/h1-2,7,9H,3-6,8,16H2,(H,19,20). The van der Waals surface area contributed by atoms with Crippen LogP contribution < -0.4 is 5.73 Å². The van der Waals surface area contributed by atoms with Gasteiger partial charge in [0.25, 0.3) is 0 Å². The minimum absolute atomic E-state index is 0.0972. The average Bonchev–Trinajstić information content (AvgIpc) is 2.46. The molecule has 1 heterocycles. The highest BCUT2D eigenvalue weighted by Crippen LogP contribution is 2.25. The highest BCUT2D eigenvalue weighted by molar-refractivity contribution is 8.00. The number of thioether (sulfide) groups is 1. The molecular weight excluding hydrogens is 295 g/mol. The van der Waals surface area contributed by atoms with E-state index in [1.165, 1.54) is 6.07 Å². The van der Waals surface area contributed by atoms with Crippen LogP contribution in [0.1, 0.15) is 12.8 Å². The first-order valence-corrected chi connectivity index (χ1v) is 7.64. The van der Waals surface area contributed by atoms with Gasteiger partial charge < -0.3 is 15.7 Å². The summed E-state index contributed by atoms with van der Waals surface area (Å²) in [7, 11) is 0. The van der Waals surface area contributed by atoms with E-state index in [-0.39, 0.29) is 17.6 Å². The van der Waals surface area contributed by atoms with Crippen molar-refractivity contribution in [3.05, 3.63) is 24.0 Å². The zero-order valence-electron chi connectivity index (χ0n) is 11.4. The molecule has 1 fully saturated rings. The summed E-state index contributed by atoms with van der Waals surface area (Å²) in [4.78, 5) is 24.9. The molecule has 0 bridgehead atoms. The molecule has 2 rings (SSSR count). The van der Waals surface area contributed by atoms with Crippen molar-refractivity contribution in [2.24, 2.45) is 5.92 Å². The van der Waals surface area contributed by atoms with Crippen LogP contribution in [0.4, 0.5) is 10.1 Å². The number of benzene rings is 1. The number of aliphatic carboxylic acids is 1. The molecule has 114 valence electrons. The Labute approximate surface area is 126 Å². The molecule has 21 heavy (non-hydrogen) atoms. The Kier molecular flexibility index (Phi) is 5.06. The highest BCUT2D eigenvalue weighted by atomic mass is 32.2. The van der Waals surface area contributed by atoms with Crippen LogP contribution in [0.5, 0.6) is 0 Å². The van der Waals surface area contributed by atoms with Gasteiger partial charge in [-0.15, -0.1) is 11.8 Å². The van der Waals surface area contributed by atoms with E-state index >= 15 is 0 Å². The highest BCUT2D eigenvalue weighted by Gasteiger charge is 2.26. The Bertz CT molecular complexity index is 545. The van der Waals surface area contributed by atoms with Crippen molar-refractivity contribution in [3.63, 3.8) is 0 Å². The van der Waals surface area contributed by atoms with E-state index in [1.54, 1.807) is 17.0 Å². The lowest BCUT2D eigenvalue weighted by molar-refractivity contribution is -0.145. The number of halogens is 1. The van der Waals surface area contributed by atoms with Gasteiger partial charge in [0.05, 0.1) is 11.7 Å². The zero-order chi connectivity index (χ0) is 15.4. The van der Waals surface area contributed by atoms with Crippen LogP contribution in [0.2, 0.25) is 0 Å². The van der Waals surface area contributed by atoms with Crippen LogP contribution in [0.15, 0.2) is 23.1 Å². The lowest BCUT2D eigenvalue weighted by Crippen LogP contribution is -2.41. The largest absolute Gasteiger partial charge is 0.481 e. The number of nitrogen functional groups attached to an aromatic ring is 1. The van der Waals surface area contributed by atoms with E-state index in [0.717, 1.165) is 11.8 Å². The monoisotopic (exact) mass is 312 g/mol. The van der Waals surface area contributed by atoms with Crippen LogP contribution >= 0.6 is 11.8 Å². The quantitative estimate of drug-likeness (QED) is 0.654. The number of carboxylic acids is 1. The summed E-state index contributed by atoms with van der Waals surface area (Å²) in [6.45, 7) is 0.890. The predicted molar refractivity (Wildman–Crippen MR) is 78.5 cm³/mol. The van der Waals surface area contributed by atoms with Gasteiger partial charge in [0.15, 0.2) is 0 Å². The molecule has 1 aromatic rings. The molecular formula is C14H17FN2O3S. The molecule has 0 aliphatic carbocycles. The van der Waals surface area contributed by atoms with E-state index in [4.69, 9.17) is 10.8 Å². The van der Waals surface area contributed by atoms with Gasteiger partial charge in [0.1, 0.15) is 5.82 Å². The predicted octanol–water partition coefficient (Wildman–Crippen LogP) is 1.82. The summed E-state index contributed by atoms with van der Waals surface area (Å²) in [6.07, 6.45) is 0.948. The van der Waals surface area contributed by atoms with Gasteiger partial charge in [-0.1, -0.05) is 0 Å². The third-order valence-corrected chi connectivity index (χ3v) is 4.54. The van der Waals surface area contributed by atoms with E-state index in [2.05, 4.69) is 0 Å². The molecule has 0 aromatic heterocycles. The second-order valence-corrected chi connectivity index (χ2v) is 5.99. The van der Waals surface area contributed by atoms with Gasteiger partial charge in [0, 0.05) is 23.7 Å². The van der Waals surface area contributed by atoms with Gasteiger partial charge in [-0.05, 0) is 31.0 Å². The van der Waals surface area contributed by atoms with Crippen molar-refractivity contribution < 1.29 is 19.1 Å². The first-order chi connectivity index (χ1) is 9.97. The summed E-state index contributed by atoms with van der Waals surface area (Å²) in [5, 5.41) is 8.91. The number of hydrogen-bond acceptors (Lipinski definition) is 4. The number of nitrogens with zero attached hydrogens (tertiary/aromatic N) is 1. The van der Waals surface area contributed by atoms with Crippen LogP contribution in [-0.2, 0) is 9.59 Å². The third kappa shape index (κ3) is 4.10. The number of carbonyl (C=O) groups excluding carboxylic acids is 1. The molecule has 0 saturated carbocycles. The summed E-state index contributed by atoms with van der Waals surface area (Å²) in [5.41, 5.74) is 5.81. The topological polar surface area (TPSA) is 83.6 Å². The number of amides is 1. The molecule has 3 N–H and O–H groups in total. The first kappa shape index (κ1) is 15.6. The molecule has 1 aromatic carbocycles. The Hall–Kier alpha value is -1.76. The number of carbonyl (C=O) groups is 2. The molecule has 0 atom stereocenters. The summed E-state index contributed by atoms with van der Waals surface area (Å²) in [6, 6.07) is 4.37. The zero-order valence-corrected chi connectivity index (χ0v) is 12.2. The van der Waals surface area contributed by atoms with Crippen molar-refractivity contribution in [1.29, 1.82) is 0 Å². The van der Waals surface area contributed by atoms with Crippen molar-refractivity contribution >= 4 is 29.3 Å². The SMILES string of the molecule is Nc1ccc(SCC(=O)N2CCC(C(=O)O)CC2)c(F)c1. The summed E-state index contributed by atoms with van der Waals surface area (Å²) >= 11 is 1.13. The van der Waals surface area contributed by atoms with Crippen LogP contribution in [0, 0.1) is 11.7 Å². The Morgan fingerprint density at radius 3 is 2.62 bits per heavy atom. The smallest absolute Gasteiger partial charge is 0.306 e. The maximum atomic E-state index is 13.6. The molecule has 1 aliphatic heterocycles. The Morgan fingerprint density at radius 2 is 2.05 bits per heavy atom. The van der Waals surface area contributed by atoms with E-state index in [1.807, 2.05) is 0 Å². The summed E-state index contributed by atoms with van der Waals surface area (Å²) < 4.78 is 13.6. The normalized spacial score (nSPS) is 16.0. The van der Waals surface area contributed by atoms with E-state index in [9.17, 15) is 14.0 Å². The molecule has 0 radical (unpaired) electrons. The number of hydrogen-bond donors (Lipinski definition) is 2. The van der Waals surface area contributed by atoms with Crippen molar-refractivity contribution in [3.8, 4) is 0 Å². The van der Waals surface area contributed by atoms with Gasteiger partial charge in [-0.25, -0.2) is 4.39 Å². The summed E-state index contributed by atoms with van der Waals surface area (Å²) in [5.74, 6) is -1.56. The number of likely N-dealkylation sites (tertiary alicyclic amines) is 1. The Balaban J connectivity index is 1.84. The molecule has 5 nitrogen and oxygen atoms in total. The first-order valence-electron chi connectivity index (χ1n) is 6.66. The lowest BCUT2D eigenvalue weighted by Gasteiger charge is -2.30. The lowest BCUT2D eigenvalue weighted by atomic mass is 9.97. The minimum Gasteiger partial charge on any atom is -0.481 e. The van der Waals surface area contributed by atoms with Crippen LogP contribution in [-0.4, -0.2) is 40.7 Å². The average molecular weight is 312 g/mol. The fourth-order valence-electron chi connectivity index (χ4n) is 2.24. The van der Waals surface area contributed by atoms with Gasteiger partial charge in [0.2, 0.25) is 5.91 Å². The number of rotatable bonds is 4. The molecule has 1 aliphatic rings. The number of piperidine rings is 1. The molecule has 0 spiro atoms. The van der Waals surface area contributed by atoms with Crippen molar-refractivity contribution in [2.75, 3.05) is 24.6 Å². The van der Waals surface area contributed by atoms with Crippen molar-refractivity contribution in [2.45, 2.75) is 17.7 Å². The molecule has 1 saturated heterocycles. The number of anilines is 1. The molecule has 1 amide bonds. The van der Waals surface area contributed by atoms with Crippen molar-refractivity contribution in [1.82, 2.24) is 4.90 Å².